The molecule has 0 aliphatic rings. The molecule has 0 spiro atoms. The summed E-state index contributed by atoms with van der Waals surface area (Å²) >= 11 is 0.275. The molecular formula is C30H33NSeSi. The van der Waals surface area contributed by atoms with Gasteiger partial charge in [-0.3, -0.25) is 0 Å². The van der Waals surface area contributed by atoms with Gasteiger partial charge in [-0.05, 0) is 0 Å². The molecule has 3 aromatic carbocycles. The van der Waals surface area contributed by atoms with Crippen LogP contribution < -0.4 is 5.19 Å². The topological polar surface area (TPSA) is 12.9 Å². The number of fused-ring (bicyclic) bond motifs is 4. The summed E-state index contributed by atoms with van der Waals surface area (Å²) in [5.74, 6) is 0. The van der Waals surface area contributed by atoms with E-state index in [2.05, 4.69) is 102 Å². The molecule has 5 rings (SSSR count). The SMILES string of the molecule is Cc1c(CC(C)(C)C)ccc2c1[se]c1c(-c3cc([Si](C)(C)C)c4ccccc4c3)nccc12. The maximum absolute atomic E-state index is 4.98. The third kappa shape index (κ3) is 4.12. The molecule has 0 saturated carbocycles. The number of aromatic nitrogens is 1. The Bertz CT molecular complexity index is 1510. The number of rotatable bonds is 3. The average Bonchev–Trinajstić information content (AvgIpc) is 3.13. The third-order valence-electron chi connectivity index (χ3n) is 6.58. The molecule has 0 radical (unpaired) electrons. The first-order chi connectivity index (χ1) is 15.5. The summed E-state index contributed by atoms with van der Waals surface area (Å²) in [4.78, 5) is 4.98. The van der Waals surface area contributed by atoms with E-state index >= 15 is 0 Å². The summed E-state index contributed by atoms with van der Waals surface area (Å²) in [6.07, 6.45) is 3.13. The van der Waals surface area contributed by atoms with Crippen molar-refractivity contribution in [3.63, 3.8) is 0 Å². The molecule has 2 heterocycles. The molecule has 5 aromatic rings. The molecule has 0 atom stereocenters. The third-order valence-corrected chi connectivity index (χ3v) is 11.4. The van der Waals surface area contributed by atoms with Gasteiger partial charge in [-0.2, -0.15) is 0 Å². The van der Waals surface area contributed by atoms with Crippen LogP contribution in [0.3, 0.4) is 0 Å². The van der Waals surface area contributed by atoms with E-state index < -0.39 is 8.07 Å². The van der Waals surface area contributed by atoms with Crippen molar-refractivity contribution >= 4 is 57.8 Å². The van der Waals surface area contributed by atoms with E-state index in [-0.39, 0.29) is 14.5 Å². The van der Waals surface area contributed by atoms with Crippen LogP contribution in [0, 0.1) is 12.3 Å². The Labute approximate surface area is 204 Å². The van der Waals surface area contributed by atoms with Crippen molar-refractivity contribution in [1.29, 1.82) is 0 Å². The summed E-state index contributed by atoms with van der Waals surface area (Å²) in [7, 11) is -1.51. The van der Waals surface area contributed by atoms with E-state index in [1.165, 1.54) is 53.4 Å². The second-order valence-corrected chi connectivity index (χ2v) is 18.8. The molecular weight excluding hydrogens is 481 g/mol. The predicted octanol–water partition coefficient (Wildman–Crippen LogP) is 7.71. The number of hydrogen-bond donors (Lipinski definition) is 0. The summed E-state index contributed by atoms with van der Waals surface area (Å²) in [5, 5.41) is 7.09. The van der Waals surface area contributed by atoms with Gasteiger partial charge in [0.15, 0.2) is 0 Å². The fourth-order valence-electron chi connectivity index (χ4n) is 4.98. The van der Waals surface area contributed by atoms with Gasteiger partial charge in [-0.15, -0.1) is 0 Å². The summed E-state index contributed by atoms with van der Waals surface area (Å²) in [6.45, 7) is 16.7. The van der Waals surface area contributed by atoms with Gasteiger partial charge in [-0.25, -0.2) is 0 Å². The molecule has 0 unspecified atom stereocenters. The minimum atomic E-state index is -1.51. The fraction of sp³-hybridized carbons (Fsp3) is 0.300. The molecule has 0 saturated heterocycles. The van der Waals surface area contributed by atoms with E-state index in [1.807, 2.05) is 6.20 Å². The van der Waals surface area contributed by atoms with E-state index in [0.29, 0.717) is 5.41 Å². The molecule has 168 valence electrons. The first-order valence-electron chi connectivity index (χ1n) is 11.9. The van der Waals surface area contributed by atoms with Gasteiger partial charge in [0, 0.05) is 0 Å². The van der Waals surface area contributed by atoms with Crippen molar-refractivity contribution in [3.8, 4) is 11.3 Å². The molecule has 33 heavy (non-hydrogen) atoms. The first kappa shape index (κ1) is 22.6. The monoisotopic (exact) mass is 515 g/mol. The Balaban J connectivity index is 1.78. The van der Waals surface area contributed by atoms with Crippen LogP contribution in [0.25, 0.3) is 41.3 Å². The minimum absolute atomic E-state index is 0.275. The van der Waals surface area contributed by atoms with Gasteiger partial charge in [-0.1, -0.05) is 0 Å². The average molecular weight is 515 g/mol. The Kier molecular flexibility index (Phi) is 5.44. The number of aryl methyl sites for hydroxylation is 1. The predicted molar refractivity (Wildman–Crippen MR) is 150 cm³/mol. The summed E-state index contributed by atoms with van der Waals surface area (Å²) < 4.78 is 3.01. The van der Waals surface area contributed by atoms with Crippen LogP contribution in [0.15, 0.2) is 60.8 Å². The van der Waals surface area contributed by atoms with Crippen molar-refractivity contribution in [2.75, 3.05) is 0 Å². The van der Waals surface area contributed by atoms with Gasteiger partial charge in [0.2, 0.25) is 0 Å². The zero-order valence-corrected chi connectivity index (χ0v) is 23.5. The van der Waals surface area contributed by atoms with Crippen LogP contribution in [0.5, 0.6) is 0 Å². The normalized spacial score (nSPS) is 12.8. The fourth-order valence-corrected chi connectivity index (χ4v) is 9.40. The zero-order valence-electron chi connectivity index (χ0n) is 20.8. The molecule has 0 aliphatic carbocycles. The van der Waals surface area contributed by atoms with Gasteiger partial charge >= 0.3 is 205 Å². The standard InChI is InChI=1S/C30H33NSeSi/c1-19-21(18-30(2,3)4)12-13-24-25-14-15-31-27(29(25)32-28(19)24)22-16-20-10-8-9-11-23(20)26(17-22)33(5,6)7/h8-17H,18H2,1-7H3. The summed E-state index contributed by atoms with van der Waals surface area (Å²) in [6, 6.07) is 20.6. The Hall–Kier alpha value is -2.19. The number of nitrogens with zero attached hydrogens (tertiary/aromatic N) is 1. The van der Waals surface area contributed by atoms with Crippen molar-refractivity contribution < 1.29 is 0 Å². The second-order valence-electron chi connectivity index (χ2n) is 11.6. The molecule has 0 N–H and O–H groups in total. The van der Waals surface area contributed by atoms with Crippen LogP contribution in [-0.2, 0) is 6.42 Å². The zero-order chi connectivity index (χ0) is 23.5. The number of hydrogen-bond acceptors (Lipinski definition) is 1. The molecule has 2 aromatic heterocycles. The quantitative estimate of drug-likeness (QED) is 0.225. The number of benzene rings is 3. The first-order valence-corrected chi connectivity index (χ1v) is 17.1. The second kappa shape index (κ2) is 7.94. The maximum atomic E-state index is 4.98. The van der Waals surface area contributed by atoms with Crippen LogP contribution in [0.4, 0.5) is 0 Å². The summed E-state index contributed by atoms with van der Waals surface area (Å²) in [5.41, 5.74) is 5.75. The molecule has 0 amide bonds. The molecule has 0 fully saturated rings. The van der Waals surface area contributed by atoms with Crippen molar-refractivity contribution in [3.05, 3.63) is 71.9 Å². The van der Waals surface area contributed by atoms with Gasteiger partial charge in [0.25, 0.3) is 0 Å². The van der Waals surface area contributed by atoms with Gasteiger partial charge < -0.3 is 0 Å². The van der Waals surface area contributed by atoms with E-state index in [4.69, 9.17) is 4.98 Å². The van der Waals surface area contributed by atoms with Crippen LogP contribution in [-0.4, -0.2) is 27.6 Å². The van der Waals surface area contributed by atoms with Crippen LogP contribution >= 0.6 is 0 Å². The van der Waals surface area contributed by atoms with Crippen molar-refractivity contribution in [1.82, 2.24) is 4.98 Å². The Morgan fingerprint density at radius 2 is 1.58 bits per heavy atom. The molecule has 3 heteroatoms. The molecule has 0 aliphatic heterocycles. The van der Waals surface area contributed by atoms with Crippen molar-refractivity contribution in [2.24, 2.45) is 5.41 Å². The van der Waals surface area contributed by atoms with Crippen LogP contribution in [0.2, 0.25) is 19.6 Å². The van der Waals surface area contributed by atoms with E-state index in [9.17, 15) is 0 Å². The van der Waals surface area contributed by atoms with Gasteiger partial charge in [0.05, 0.1) is 0 Å². The Morgan fingerprint density at radius 1 is 0.848 bits per heavy atom. The molecule has 0 bridgehead atoms. The van der Waals surface area contributed by atoms with Crippen molar-refractivity contribution in [2.45, 2.75) is 53.8 Å². The Morgan fingerprint density at radius 3 is 2.30 bits per heavy atom. The van der Waals surface area contributed by atoms with E-state index in [1.54, 1.807) is 4.26 Å². The van der Waals surface area contributed by atoms with Gasteiger partial charge in [0.1, 0.15) is 0 Å². The van der Waals surface area contributed by atoms with E-state index in [0.717, 1.165) is 6.42 Å². The van der Waals surface area contributed by atoms with Crippen LogP contribution in [0.1, 0.15) is 31.9 Å². The molecule has 1 nitrogen and oxygen atoms in total. The number of pyridine rings is 1.